The van der Waals surface area contributed by atoms with E-state index in [-0.39, 0.29) is 11.4 Å². The summed E-state index contributed by atoms with van der Waals surface area (Å²) in [5, 5.41) is 24.2. The van der Waals surface area contributed by atoms with Crippen LogP contribution in [0.5, 0.6) is 0 Å². The number of rotatable bonds is 5. The van der Waals surface area contributed by atoms with E-state index in [0.29, 0.717) is 12.2 Å². The van der Waals surface area contributed by atoms with E-state index in [9.17, 15) is 20.2 Å². The highest BCUT2D eigenvalue weighted by Gasteiger charge is 2.06. The topological polar surface area (TPSA) is 98.3 Å². The molecule has 20 heavy (non-hydrogen) atoms. The molecule has 0 amide bonds. The van der Waals surface area contributed by atoms with Crippen LogP contribution in [0.2, 0.25) is 0 Å². The molecule has 102 valence electrons. The van der Waals surface area contributed by atoms with Crippen LogP contribution < -0.4 is 5.32 Å². The lowest BCUT2D eigenvalue weighted by atomic mass is 10.2. The van der Waals surface area contributed by atoms with Gasteiger partial charge in [-0.15, -0.1) is 0 Å². The third-order valence-corrected chi connectivity index (χ3v) is 2.70. The highest BCUT2D eigenvalue weighted by molar-refractivity contribution is 5.49. The van der Waals surface area contributed by atoms with Crippen molar-refractivity contribution in [1.82, 2.24) is 0 Å². The summed E-state index contributed by atoms with van der Waals surface area (Å²) in [5.74, 6) is 0. The Balaban J connectivity index is 2.03. The Kier molecular flexibility index (Phi) is 3.90. The summed E-state index contributed by atoms with van der Waals surface area (Å²) in [4.78, 5) is 20.2. The highest BCUT2D eigenvalue weighted by atomic mass is 16.6. The molecule has 0 heterocycles. The number of nitro benzene ring substituents is 2. The third-order valence-electron chi connectivity index (χ3n) is 2.70. The Labute approximate surface area is 114 Å². The molecule has 0 fully saturated rings. The summed E-state index contributed by atoms with van der Waals surface area (Å²) >= 11 is 0. The molecule has 2 aromatic carbocycles. The fourth-order valence-electron chi connectivity index (χ4n) is 1.69. The predicted octanol–water partition coefficient (Wildman–Crippen LogP) is 3.12. The van der Waals surface area contributed by atoms with Crippen molar-refractivity contribution >= 4 is 17.1 Å². The van der Waals surface area contributed by atoms with Crippen LogP contribution >= 0.6 is 0 Å². The first-order valence-corrected chi connectivity index (χ1v) is 5.78. The van der Waals surface area contributed by atoms with Gasteiger partial charge in [-0.25, -0.2) is 0 Å². The van der Waals surface area contributed by atoms with E-state index in [1.807, 2.05) is 0 Å². The standard InChI is InChI=1S/C13H11N3O4/c17-15(18)12-6-4-11(5-7-12)14-9-10-2-1-3-13(8-10)16(19)20/h1-8,14H,9H2. The molecule has 7 heteroatoms. The minimum absolute atomic E-state index is 0.0194. The van der Waals surface area contributed by atoms with Crippen LogP contribution in [0.4, 0.5) is 17.1 Å². The first kappa shape index (κ1) is 13.5. The quantitative estimate of drug-likeness (QED) is 0.666. The monoisotopic (exact) mass is 273 g/mol. The summed E-state index contributed by atoms with van der Waals surface area (Å²) in [6.07, 6.45) is 0. The highest BCUT2D eigenvalue weighted by Crippen LogP contribution is 2.17. The molecule has 0 bridgehead atoms. The van der Waals surface area contributed by atoms with Crippen molar-refractivity contribution in [1.29, 1.82) is 0 Å². The smallest absolute Gasteiger partial charge is 0.269 e. The molecule has 0 unspecified atom stereocenters. The maximum Gasteiger partial charge on any atom is 0.269 e. The van der Waals surface area contributed by atoms with Crippen LogP contribution in [0.25, 0.3) is 0 Å². The van der Waals surface area contributed by atoms with E-state index in [1.54, 1.807) is 24.3 Å². The van der Waals surface area contributed by atoms with Gasteiger partial charge >= 0.3 is 0 Å². The first-order valence-electron chi connectivity index (χ1n) is 5.78. The molecule has 0 aliphatic heterocycles. The second kappa shape index (κ2) is 5.79. The van der Waals surface area contributed by atoms with Gasteiger partial charge in [0.05, 0.1) is 9.85 Å². The zero-order valence-electron chi connectivity index (χ0n) is 10.4. The molecule has 2 aromatic rings. The summed E-state index contributed by atoms with van der Waals surface area (Å²) in [6.45, 7) is 0.402. The summed E-state index contributed by atoms with van der Waals surface area (Å²) in [6, 6.07) is 12.3. The zero-order valence-corrected chi connectivity index (χ0v) is 10.4. The van der Waals surface area contributed by atoms with Crippen molar-refractivity contribution in [2.75, 3.05) is 5.32 Å². The minimum atomic E-state index is -0.468. The van der Waals surface area contributed by atoms with Gasteiger partial charge in [-0.1, -0.05) is 12.1 Å². The van der Waals surface area contributed by atoms with E-state index in [2.05, 4.69) is 5.32 Å². The number of non-ortho nitro benzene ring substituents is 2. The molecule has 1 N–H and O–H groups in total. The van der Waals surface area contributed by atoms with E-state index < -0.39 is 9.85 Å². The van der Waals surface area contributed by atoms with Gasteiger partial charge in [0, 0.05) is 36.5 Å². The van der Waals surface area contributed by atoms with Gasteiger partial charge in [-0.2, -0.15) is 0 Å². The molecule has 0 saturated carbocycles. The lowest BCUT2D eigenvalue weighted by molar-refractivity contribution is -0.385. The van der Waals surface area contributed by atoms with E-state index in [1.165, 1.54) is 24.3 Å². The largest absolute Gasteiger partial charge is 0.381 e. The third kappa shape index (κ3) is 3.29. The first-order chi connectivity index (χ1) is 9.56. The lowest BCUT2D eigenvalue weighted by Crippen LogP contribution is -2.00. The molecule has 0 saturated heterocycles. The van der Waals surface area contributed by atoms with Gasteiger partial charge in [0.15, 0.2) is 0 Å². The summed E-state index contributed by atoms with van der Waals surface area (Å²) < 4.78 is 0. The number of nitrogens with zero attached hydrogens (tertiary/aromatic N) is 2. The SMILES string of the molecule is O=[N+]([O-])c1ccc(NCc2cccc([N+](=O)[O-])c2)cc1. The van der Waals surface area contributed by atoms with Crippen LogP contribution in [-0.4, -0.2) is 9.85 Å². The lowest BCUT2D eigenvalue weighted by Gasteiger charge is -2.06. The molecular weight excluding hydrogens is 262 g/mol. The number of hydrogen-bond donors (Lipinski definition) is 1. The fraction of sp³-hybridized carbons (Fsp3) is 0.0769. The Morgan fingerprint density at radius 3 is 2.15 bits per heavy atom. The molecule has 2 rings (SSSR count). The van der Waals surface area contributed by atoms with Crippen molar-refractivity contribution in [2.24, 2.45) is 0 Å². The van der Waals surface area contributed by atoms with E-state index in [0.717, 1.165) is 5.56 Å². The maximum atomic E-state index is 10.7. The van der Waals surface area contributed by atoms with Crippen LogP contribution in [0.15, 0.2) is 48.5 Å². The Morgan fingerprint density at radius 2 is 1.55 bits per heavy atom. The number of nitro groups is 2. The van der Waals surface area contributed by atoms with E-state index in [4.69, 9.17) is 0 Å². The van der Waals surface area contributed by atoms with Crippen LogP contribution in [0, 0.1) is 20.2 Å². The van der Waals surface area contributed by atoms with Gasteiger partial charge in [0.1, 0.15) is 0 Å². The fourth-order valence-corrected chi connectivity index (χ4v) is 1.69. The minimum Gasteiger partial charge on any atom is -0.381 e. The van der Waals surface area contributed by atoms with Gasteiger partial charge in [0.25, 0.3) is 11.4 Å². The maximum absolute atomic E-state index is 10.7. The second-order valence-corrected chi connectivity index (χ2v) is 4.08. The molecular formula is C13H11N3O4. The zero-order chi connectivity index (χ0) is 14.5. The number of anilines is 1. The van der Waals surface area contributed by atoms with Crippen molar-refractivity contribution in [3.05, 3.63) is 74.3 Å². The van der Waals surface area contributed by atoms with Crippen molar-refractivity contribution in [2.45, 2.75) is 6.54 Å². The number of benzene rings is 2. The van der Waals surface area contributed by atoms with Crippen molar-refractivity contribution < 1.29 is 9.85 Å². The normalized spacial score (nSPS) is 10.0. The molecule has 0 aliphatic carbocycles. The van der Waals surface area contributed by atoms with Gasteiger partial charge < -0.3 is 5.32 Å². The predicted molar refractivity (Wildman–Crippen MR) is 73.5 cm³/mol. The number of nitrogens with one attached hydrogen (secondary N) is 1. The van der Waals surface area contributed by atoms with Gasteiger partial charge in [-0.05, 0) is 17.7 Å². The molecule has 0 aliphatic rings. The second-order valence-electron chi connectivity index (χ2n) is 4.08. The van der Waals surface area contributed by atoms with Crippen LogP contribution in [-0.2, 0) is 6.54 Å². The molecule has 0 atom stereocenters. The average Bonchev–Trinajstić information content (AvgIpc) is 2.46. The molecule has 0 aromatic heterocycles. The van der Waals surface area contributed by atoms with Crippen LogP contribution in [0.1, 0.15) is 5.56 Å². The average molecular weight is 273 g/mol. The molecule has 7 nitrogen and oxygen atoms in total. The van der Waals surface area contributed by atoms with Crippen LogP contribution in [0.3, 0.4) is 0 Å². The summed E-state index contributed by atoms with van der Waals surface area (Å²) in [7, 11) is 0. The van der Waals surface area contributed by atoms with Crippen molar-refractivity contribution in [3.8, 4) is 0 Å². The Hall–Kier alpha value is -2.96. The molecule has 0 spiro atoms. The molecule has 0 radical (unpaired) electrons. The Bertz CT molecular complexity index is 640. The van der Waals surface area contributed by atoms with Crippen molar-refractivity contribution in [3.63, 3.8) is 0 Å². The Morgan fingerprint density at radius 1 is 0.900 bits per heavy atom. The van der Waals surface area contributed by atoms with Gasteiger partial charge in [0.2, 0.25) is 0 Å². The van der Waals surface area contributed by atoms with E-state index >= 15 is 0 Å². The number of hydrogen-bond acceptors (Lipinski definition) is 5. The summed E-state index contributed by atoms with van der Waals surface area (Å²) in [5.41, 5.74) is 1.53. The van der Waals surface area contributed by atoms with Gasteiger partial charge in [-0.3, -0.25) is 20.2 Å².